The van der Waals surface area contributed by atoms with Crippen molar-refractivity contribution in [3.63, 3.8) is 0 Å². The number of nitrogens with one attached hydrogen (secondary N) is 1. The van der Waals surface area contributed by atoms with E-state index in [0.29, 0.717) is 12.8 Å². The number of hydrogen-bond acceptors (Lipinski definition) is 18. The minimum absolute atomic E-state index is 0.255. The van der Waals surface area contributed by atoms with E-state index in [9.17, 15) is 61.0 Å². The van der Waals surface area contributed by atoms with Crippen molar-refractivity contribution in [1.82, 2.24) is 5.32 Å². The second-order valence-corrected chi connectivity index (χ2v) is 20.8. The van der Waals surface area contributed by atoms with E-state index < -0.39 is 124 Å². The summed E-state index contributed by atoms with van der Waals surface area (Å²) < 4.78 is 34.2. The second-order valence-electron chi connectivity index (χ2n) is 20.8. The molecule has 3 rings (SSSR count). The fraction of sp³-hybridized carbons (Fsp3) is 0.944. The maximum Gasteiger partial charge on any atom is 0.220 e. The molecule has 0 aromatic rings. The van der Waals surface area contributed by atoms with Crippen LogP contribution in [0.1, 0.15) is 194 Å². The monoisotopic (exact) mass is 1050 g/mol. The SMILES string of the molecule is CCC/C=C\CCCCCCCC(=O)NC(COC1OC(CO)C(OC2OC(CO)C(OC3OC(CO)C(O)C(O)C3O)C(O)C2O)C(O)C1O)C(O)CCCCCCCCCCCCCCCCCCCC. The number of carbonyl (C=O) groups excluding carboxylic acids is 1. The van der Waals surface area contributed by atoms with Crippen LogP contribution in [0.2, 0.25) is 0 Å². The van der Waals surface area contributed by atoms with Crippen LogP contribution >= 0.6 is 0 Å². The van der Waals surface area contributed by atoms with Gasteiger partial charge in [0.15, 0.2) is 18.9 Å². The highest BCUT2D eigenvalue weighted by Crippen LogP contribution is 2.33. The minimum Gasteiger partial charge on any atom is -0.394 e. The van der Waals surface area contributed by atoms with E-state index in [2.05, 4.69) is 31.3 Å². The van der Waals surface area contributed by atoms with Gasteiger partial charge in [-0.2, -0.15) is 0 Å². The molecule has 3 fully saturated rings. The number of aliphatic hydroxyl groups is 11. The smallest absolute Gasteiger partial charge is 0.220 e. The molecule has 3 aliphatic heterocycles. The van der Waals surface area contributed by atoms with Gasteiger partial charge >= 0.3 is 0 Å². The first-order chi connectivity index (χ1) is 35.3. The molecule has 3 saturated heterocycles. The molecule has 0 spiro atoms. The van der Waals surface area contributed by atoms with Gasteiger partial charge in [-0.05, 0) is 32.1 Å². The first-order valence-corrected chi connectivity index (χ1v) is 28.4. The number of rotatable bonds is 41. The summed E-state index contributed by atoms with van der Waals surface area (Å²) in [7, 11) is 0. The summed E-state index contributed by atoms with van der Waals surface area (Å²) in [6.07, 6.45) is 8.89. The molecule has 12 N–H and O–H groups in total. The number of hydrogen-bond donors (Lipinski definition) is 12. The molecular weight excluding hydrogens is 951 g/mol. The van der Waals surface area contributed by atoms with Gasteiger partial charge in [0.1, 0.15) is 73.2 Å². The summed E-state index contributed by atoms with van der Waals surface area (Å²) in [5.41, 5.74) is 0. The summed E-state index contributed by atoms with van der Waals surface area (Å²) >= 11 is 0. The van der Waals surface area contributed by atoms with E-state index in [0.717, 1.165) is 70.6 Å². The van der Waals surface area contributed by atoms with E-state index in [1.807, 2.05) is 0 Å². The molecule has 19 heteroatoms. The maximum atomic E-state index is 13.2. The van der Waals surface area contributed by atoms with E-state index >= 15 is 0 Å². The number of aliphatic hydroxyl groups excluding tert-OH is 11. The van der Waals surface area contributed by atoms with E-state index in [1.54, 1.807) is 0 Å². The lowest BCUT2D eigenvalue weighted by Gasteiger charge is -2.48. The predicted octanol–water partition coefficient (Wildman–Crippen LogP) is 3.82. The van der Waals surface area contributed by atoms with Crippen LogP contribution in [0.5, 0.6) is 0 Å². The Kier molecular flexibility index (Phi) is 35.1. The maximum absolute atomic E-state index is 13.2. The van der Waals surface area contributed by atoms with Crippen molar-refractivity contribution in [1.29, 1.82) is 0 Å². The van der Waals surface area contributed by atoms with Gasteiger partial charge in [0, 0.05) is 6.42 Å². The van der Waals surface area contributed by atoms with Gasteiger partial charge < -0.3 is 89.9 Å². The molecule has 3 heterocycles. The van der Waals surface area contributed by atoms with Crippen molar-refractivity contribution in [2.75, 3.05) is 26.4 Å². The fourth-order valence-corrected chi connectivity index (χ4v) is 9.84. The normalized spacial score (nSPS) is 31.8. The van der Waals surface area contributed by atoms with Crippen LogP contribution in [0.25, 0.3) is 0 Å². The van der Waals surface area contributed by atoms with Gasteiger partial charge in [-0.3, -0.25) is 4.79 Å². The lowest BCUT2D eigenvalue weighted by Crippen LogP contribution is -2.66. The third kappa shape index (κ3) is 24.0. The topological polar surface area (TPSA) is 307 Å². The molecule has 17 unspecified atom stereocenters. The number of ether oxygens (including phenoxy) is 6. The molecule has 19 nitrogen and oxygen atoms in total. The Bertz CT molecular complexity index is 1400. The van der Waals surface area contributed by atoms with E-state index in [1.165, 1.54) is 89.9 Å². The Labute approximate surface area is 436 Å². The fourth-order valence-electron chi connectivity index (χ4n) is 9.84. The largest absolute Gasteiger partial charge is 0.394 e. The standard InChI is InChI=1S/C54H101NO18/c1-3-5-7-9-11-13-15-16-17-18-19-20-21-22-23-25-27-29-31-38(59)37(55-42(60)32-30-28-26-24-14-12-10-8-6-4-2)36-68-52-48(66)45(63)50(40(34-57)70-52)73-54-49(67)46(64)51(41(35-58)71-54)72-53-47(65)44(62)43(61)39(33-56)69-53/h8,10,37-41,43-54,56-59,61-67H,3-7,9,11-36H2,1-2H3,(H,55,60)/b10-8-. The molecule has 0 aliphatic carbocycles. The summed E-state index contributed by atoms with van der Waals surface area (Å²) in [6, 6.07) is -0.886. The Morgan fingerprint density at radius 1 is 0.479 bits per heavy atom. The Morgan fingerprint density at radius 3 is 1.38 bits per heavy atom. The zero-order valence-electron chi connectivity index (χ0n) is 44.4. The van der Waals surface area contributed by atoms with Crippen LogP contribution < -0.4 is 5.32 Å². The third-order valence-corrected chi connectivity index (χ3v) is 14.6. The quantitative estimate of drug-likeness (QED) is 0.0306. The van der Waals surface area contributed by atoms with Crippen LogP contribution in [-0.4, -0.2) is 193 Å². The number of unbranched alkanes of at least 4 members (excludes halogenated alkanes) is 23. The molecule has 1 amide bonds. The van der Waals surface area contributed by atoms with Crippen molar-refractivity contribution in [2.45, 2.75) is 298 Å². The molecule has 3 aliphatic rings. The number of carbonyl (C=O) groups is 1. The third-order valence-electron chi connectivity index (χ3n) is 14.6. The summed E-state index contributed by atoms with van der Waals surface area (Å²) in [5.74, 6) is -0.255. The minimum atomic E-state index is -1.97. The van der Waals surface area contributed by atoms with Gasteiger partial charge in [-0.15, -0.1) is 0 Å². The highest BCUT2D eigenvalue weighted by molar-refractivity contribution is 5.76. The lowest BCUT2D eigenvalue weighted by molar-refractivity contribution is -0.379. The first-order valence-electron chi connectivity index (χ1n) is 28.4. The number of allylic oxidation sites excluding steroid dienone is 2. The predicted molar refractivity (Wildman–Crippen MR) is 273 cm³/mol. The van der Waals surface area contributed by atoms with Crippen LogP contribution in [0, 0.1) is 0 Å². The van der Waals surface area contributed by atoms with Gasteiger partial charge in [0.2, 0.25) is 5.91 Å². The van der Waals surface area contributed by atoms with E-state index in [4.69, 9.17) is 28.4 Å². The lowest BCUT2D eigenvalue weighted by atomic mass is 9.96. The second kappa shape index (κ2) is 39.0. The van der Waals surface area contributed by atoms with Crippen molar-refractivity contribution >= 4 is 5.91 Å². The average molecular weight is 1050 g/mol. The van der Waals surface area contributed by atoms with Crippen LogP contribution in [-0.2, 0) is 33.2 Å². The zero-order valence-corrected chi connectivity index (χ0v) is 44.4. The molecule has 73 heavy (non-hydrogen) atoms. The summed E-state index contributed by atoms with van der Waals surface area (Å²) in [4.78, 5) is 13.2. The zero-order chi connectivity index (χ0) is 53.4. The first kappa shape index (κ1) is 65.8. The molecule has 430 valence electrons. The van der Waals surface area contributed by atoms with Crippen LogP contribution in [0.15, 0.2) is 12.2 Å². The van der Waals surface area contributed by atoms with Crippen LogP contribution in [0.4, 0.5) is 0 Å². The Hall–Kier alpha value is -1.47. The van der Waals surface area contributed by atoms with Gasteiger partial charge in [-0.1, -0.05) is 167 Å². The van der Waals surface area contributed by atoms with Crippen molar-refractivity contribution < 1.29 is 89.4 Å². The summed E-state index contributed by atoms with van der Waals surface area (Å²) in [6.45, 7) is 1.71. The highest BCUT2D eigenvalue weighted by atomic mass is 16.8. The molecule has 0 radical (unpaired) electrons. The molecule has 0 saturated carbocycles. The molecule has 0 aromatic heterocycles. The average Bonchev–Trinajstić information content (AvgIpc) is 3.39. The molecule has 0 aromatic carbocycles. The van der Waals surface area contributed by atoms with Crippen molar-refractivity contribution in [2.24, 2.45) is 0 Å². The van der Waals surface area contributed by atoms with Gasteiger partial charge in [-0.25, -0.2) is 0 Å². The van der Waals surface area contributed by atoms with E-state index in [-0.39, 0.29) is 18.9 Å². The molecule has 17 atom stereocenters. The van der Waals surface area contributed by atoms with Crippen LogP contribution in [0.3, 0.4) is 0 Å². The molecule has 0 bridgehead atoms. The van der Waals surface area contributed by atoms with Gasteiger partial charge in [0.25, 0.3) is 0 Å². The Morgan fingerprint density at radius 2 is 0.890 bits per heavy atom. The van der Waals surface area contributed by atoms with Gasteiger partial charge in [0.05, 0.1) is 38.6 Å². The summed E-state index contributed by atoms with van der Waals surface area (Å²) in [5, 5.41) is 120. The Balaban J connectivity index is 1.50. The van der Waals surface area contributed by atoms with Crippen molar-refractivity contribution in [3.8, 4) is 0 Å². The number of amides is 1. The van der Waals surface area contributed by atoms with Crippen molar-refractivity contribution in [3.05, 3.63) is 12.2 Å². The molecular formula is C54H101NO18. The highest BCUT2D eigenvalue weighted by Gasteiger charge is 2.53.